The van der Waals surface area contributed by atoms with Crippen LogP contribution in [0.2, 0.25) is 0 Å². The van der Waals surface area contributed by atoms with E-state index in [2.05, 4.69) is 6.58 Å². The van der Waals surface area contributed by atoms with Crippen molar-refractivity contribution in [2.24, 2.45) is 0 Å². The summed E-state index contributed by atoms with van der Waals surface area (Å²) in [5, 5.41) is 9.05. The van der Waals surface area contributed by atoms with Crippen molar-refractivity contribution < 1.29 is 14.6 Å². The number of rotatable bonds is 0. The summed E-state index contributed by atoms with van der Waals surface area (Å²) in [5.41, 5.74) is 0.456. The van der Waals surface area contributed by atoms with Gasteiger partial charge in [0.25, 0.3) is 0 Å². The molecule has 0 radical (unpaired) electrons. The number of aromatic hydroxyl groups is 1. The third-order valence-electron chi connectivity index (χ3n) is 1.70. The molecule has 1 N–H and O–H groups in total. The monoisotopic (exact) mass is 162 g/mol. The first-order valence-corrected chi connectivity index (χ1v) is 3.43. The van der Waals surface area contributed by atoms with Crippen molar-refractivity contribution >= 4 is 5.78 Å². The normalized spacial score (nSPS) is 14.3. The van der Waals surface area contributed by atoms with E-state index in [1.54, 1.807) is 0 Å². The van der Waals surface area contributed by atoms with Crippen molar-refractivity contribution in [1.29, 1.82) is 0 Å². The van der Waals surface area contributed by atoms with Crippen LogP contribution in [0.25, 0.3) is 0 Å². The Morgan fingerprint density at radius 3 is 2.92 bits per heavy atom. The summed E-state index contributed by atoms with van der Waals surface area (Å²) in [4.78, 5) is 11.2. The number of hydrogen-bond donors (Lipinski definition) is 1. The molecule has 1 aromatic rings. The number of allylic oxidation sites excluding steroid dienone is 1. The van der Waals surface area contributed by atoms with Crippen LogP contribution in [-0.2, 0) is 0 Å². The molecule has 0 saturated heterocycles. The average Bonchev–Trinajstić information content (AvgIpc) is 2.28. The van der Waals surface area contributed by atoms with Gasteiger partial charge in [0, 0.05) is 6.07 Å². The number of carbonyl (C=O) groups excluding carboxylic acids is 1. The molecule has 0 spiro atoms. The molecule has 0 aromatic heterocycles. The first-order chi connectivity index (χ1) is 5.68. The second-order valence-electron chi connectivity index (χ2n) is 2.53. The van der Waals surface area contributed by atoms with E-state index in [0.717, 1.165) is 0 Å². The van der Waals surface area contributed by atoms with Crippen molar-refractivity contribution in [3.05, 3.63) is 36.1 Å². The van der Waals surface area contributed by atoms with E-state index in [9.17, 15) is 4.79 Å². The number of hydrogen-bond acceptors (Lipinski definition) is 3. The topological polar surface area (TPSA) is 46.5 Å². The van der Waals surface area contributed by atoms with E-state index in [1.807, 2.05) is 0 Å². The molecule has 2 rings (SSSR count). The SMILES string of the molecule is C=C1Oc2cc(O)ccc2C1=O. The molecular weight excluding hydrogens is 156 g/mol. The van der Waals surface area contributed by atoms with Gasteiger partial charge in [0.15, 0.2) is 5.76 Å². The summed E-state index contributed by atoms with van der Waals surface area (Å²) in [6.07, 6.45) is 0. The summed E-state index contributed by atoms with van der Waals surface area (Å²) in [5.74, 6) is 0.349. The minimum absolute atomic E-state index is 0.0799. The zero-order valence-electron chi connectivity index (χ0n) is 6.20. The highest BCUT2D eigenvalue weighted by molar-refractivity contribution is 6.11. The number of phenols is 1. The zero-order valence-corrected chi connectivity index (χ0v) is 6.20. The highest BCUT2D eigenvalue weighted by atomic mass is 16.5. The Hall–Kier alpha value is -1.77. The van der Waals surface area contributed by atoms with Crippen LogP contribution < -0.4 is 4.74 Å². The van der Waals surface area contributed by atoms with Crippen LogP contribution in [-0.4, -0.2) is 10.9 Å². The van der Waals surface area contributed by atoms with Crippen LogP contribution in [0, 0.1) is 0 Å². The molecule has 12 heavy (non-hydrogen) atoms. The molecule has 0 aliphatic carbocycles. The molecule has 0 unspecified atom stereocenters. The van der Waals surface area contributed by atoms with Gasteiger partial charge in [-0.1, -0.05) is 6.58 Å². The highest BCUT2D eigenvalue weighted by Gasteiger charge is 2.25. The smallest absolute Gasteiger partial charge is 0.231 e. The fourth-order valence-corrected chi connectivity index (χ4v) is 1.11. The molecule has 1 aliphatic heterocycles. The van der Waals surface area contributed by atoms with Crippen molar-refractivity contribution in [3.63, 3.8) is 0 Å². The maximum Gasteiger partial charge on any atom is 0.231 e. The number of phenolic OH excluding ortho intramolecular Hbond substituents is 1. The van der Waals surface area contributed by atoms with Crippen molar-refractivity contribution in [1.82, 2.24) is 0 Å². The van der Waals surface area contributed by atoms with Gasteiger partial charge in [0.2, 0.25) is 5.78 Å². The van der Waals surface area contributed by atoms with Gasteiger partial charge in [0.05, 0.1) is 5.56 Å². The van der Waals surface area contributed by atoms with Crippen LogP contribution in [0.5, 0.6) is 11.5 Å². The standard InChI is InChI=1S/C9H6O3/c1-5-9(11)7-3-2-6(10)4-8(7)12-5/h2-4,10H,1H2. The van der Waals surface area contributed by atoms with E-state index < -0.39 is 0 Å². The average molecular weight is 162 g/mol. The summed E-state index contributed by atoms with van der Waals surface area (Å²) < 4.78 is 5.00. The number of fused-ring (bicyclic) bond motifs is 1. The zero-order chi connectivity index (χ0) is 8.72. The van der Waals surface area contributed by atoms with Gasteiger partial charge in [-0.15, -0.1) is 0 Å². The fraction of sp³-hybridized carbons (Fsp3) is 0. The van der Waals surface area contributed by atoms with Gasteiger partial charge in [-0.05, 0) is 12.1 Å². The fourth-order valence-electron chi connectivity index (χ4n) is 1.11. The predicted molar refractivity (Wildman–Crippen MR) is 42.2 cm³/mol. The number of Topliss-reactive ketones (excluding diaryl/α,β-unsaturated/α-hetero) is 1. The van der Waals surface area contributed by atoms with Gasteiger partial charge in [-0.2, -0.15) is 0 Å². The molecule has 3 nitrogen and oxygen atoms in total. The Balaban J connectivity index is 2.62. The largest absolute Gasteiger partial charge is 0.508 e. The lowest BCUT2D eigenvalue weighted by molar-refractivity contribution is 0.101. The molecule has 1 aliphatic rings. The number of ether oxygens (including phenoxy) is 1. The van der Waals surface area contributed by atoms with E-state index in [4.69, 9.17) is 9.84 Å². The lowest BCUT2D eigenvalue weighted by atomic mass is 10.1. The van der Waals surface area contributed by atoms with Crippen molar-refractivity contribution in [2.45, 2.75) is 0 Å². The molecule has 0 atom stereocenters. The minimum Gasteiger partial charge on any atom is -0.508 e. The second-order valence-corrected chi connectivity index (χ2v) is 2.53. The summed E-state index contributed by atoms with van der Waals surface area (Å²) in [6, 6.07) is 4.36. The third-order valence-corrected chi connectivity index (χ3v) is 1.70. The van der Waals surface area contributed by atoms with Gasteiger partial charge in [-0.25, -0.2) is 0 Å². The lowest BCUT2D eigenvalue weighted by Gasteiger charge is -1.95. The van der Waals surface area contributed by atoms with E-state index >= 15 is 0 Å². The third kappa shape index (κ3) is 0.797. The lowest BCUT2D eigenvalue weighted by Crippen LogP contribution is -1.94. The Morgan fingerprint density at radius 1 is 1.42 bits per heavy atom. The number of ketones is 1. The predicted octanol–water partition coefficient (Wildman–Crippen LogP) is 1.48. The van der Waals surface area contributed by atoms with Crippen LogP contribution in [0.3, 0.4) is 0 Å². The van der Waals surface area contributed by atoms with Crippen LogP contribution >= 0.6 is 0 Å². The molecule has 0 saturated carbocycles. The molecular formula is C9H6O3. The van der Waals surface area contributed by atoms with Gasteiger partial charge >= 0.3 is 0 Å². The summed E-state index contributed by atoms with van der Waals surface area (Å²) >= 11 is 0. The first kappa shape index (κ1) is 6.91. The Labute approximate surface area is 68.9 Å². The molecule has 1 heterocycles. The molecule has 0 bridgehead atoms. The van der Waals surface area contributed by atoms with E-state index in [-0.39, 0.29) is 17.3 Å². The van der Waals surface area contributed by atoms with Crippen molar-refractivity contribution in [3.8, 4) is 11.5 Å². The van der Waals surface area contributed by atoms with Gasteiger partial charge in [0.1, 0.15) is 11.5 Å². The Kier molecular flexibility index (Phi) is 1.21. The number of carbonyl (C=O) groups is 1. The minimum atomic E-state index is -0.218. The Morgan fingerprint density at radius 2 is 2.17 bits per heavy atom. The van der Waals surface area contributed by atoms with Crippen LogP contribution in [0.1, 0.15) is 10.4 Å². The van der Waals surface area contributed by atoms with Gasteiger partial charge in [-0.3, -0.25) is 4.79 Å². The maximum absolute atomic E-state index is 11.2. The van der Waals surface area contributed by atoms with E-state index in [0.29, 0.717) is 11.3 Å². The Bertz CT molecular complexity index is 379. The highest BCUT2D eigenvalue weighted by Crippen LogP contribution is 2.32. The van der Waals surface area contributed by atoms with E-state index in [1.165, 1.54) is 18.2 Å². The quantitative estimate of drug-likeness (QED) is 0.588. The van der Waals surface area contributed by atoms with Crippen LogP contribution in [0.4, 0.5) is 0 Å². The molecule has 0 fully saturated rings. The second kappa shape index (κ2) is 2.11. The maximum atomic E-state index is 11.2. The summed E-state index contributed by atoms with van der Waals surface area (Å²) in [6.45, 7) is 3.43. The molecule has 3 heteroatoms. The first-order valence-electron chi connectivity index (χ1n) is 3.43. The molecule has 1 aromatic carbocycles. The number of benzene rings is 1. The van der Waals surface area contributed by atoms with Crippen LogP contribution in [0.15, 0.2) is 30.5 Å². The molecule has 0 amide bonds. The van der Waals surface area contributed by atoms with Gasteiger partial charge < -0.3 is 9.84 Å². The summed E-state index contributed by atoms with van der Waals surface area (Å²) in [7, 11) is 0. The van der Waals surface area contributed by atoms with Crippen molar-refractivity contribution in [2.75, 3.05) is 0 Å². The molecule has 60 valence electrons.